The van der Waals surface area contributed by atoms with Gasteiger partial charge in [-0.3, -0.25) is 10.1 Å². The summed E-state index contributed by atoms with van der Waals surface area (Å²) in [5.41, 5.74) is 2.14. The Hall–Kier alpha value is -3.08. The number of nitro groups is 1. The number of aromatic nitrogens is 2. The van der Waals surface area contributed by atoms with Crippen LogP contribution in [0.4, 0.5) is 5.69 Å². The van der Waals surface area contributed by atoms with Crippen molar-refractivity contribution >= 4 is 15.7 Å². The third kappa shape index (κ3) is 3.47. The maximum absolute atomic E-state index is 11.4. The van der Waals surface area contributed by atoms with E-state index >= 15 is 0 Å². The lowest BCUT2D eigenvalue weighted by Crippen LogP contribution is -2.12. The number of benzene rings is 2. The highest BCUT2D eigenvalue weighted by Crippen LogP contribution is 2.26. The van der Waals surface area contributed by atoms with Crippen LogP contribution in [0.1, 0.15) is 5.69 Å². The maximum Gasteiger partial charge on any atom is 0.269 e. The van der Waals surface area contributed by atoms with Crippen LogP contribution >= 0.6 is 0 Å². The normalized spacial score (nSPS) is 11.5. The molecule has 0 saturated carbocycles. The zero-order valence-electron chi connectivity index (χ0n) is 13.3. The average Bonchev–Trinajstić information content (AvgIpc) is 3.05. The van der Waals surface area contributed by atoms with Gasteiger partial charge in [0.05, 0.1) is 33.5 Å². The largest absolute Gasteiger partial charge is 0.390 e. The quantitative estimate of drug-likeness (QED) is 0.513. The van der Waals surface area contributed by atoms with Crippen molar-refractivity contribution in [2.45, 2.75) is 11.5 Å². The second kappa shape index (κ2) is 6.67. The molecule has 1 heterocycles. The topological polar surface area (TPSA) is 141 Å². The van der Waals surface area contributed by atoms with Gasteiger partial charge in [0.1, 0.15) is 0 Å². The average molecular weight is 374 g/mol. The van der Waals surface area contributed by atoms with Gasteiger partial charge in [-0.1, -0.05) is 0 Å². The van der Waals surface area contributed by atoms with Crippen molar-refractivity contribution < 1.29 is 18.4 Å². The fraction of sp³-hybridized carbons (Fsp3) is 0.0625. The summed E-state index contributed by atoms with van der Waals surface area (Å²) >= 11 is 0. The van der Waals surface area contributed by atoms with Crippen LogP contribution in [0, 0.1) is 10.1 Å². The van der Waals surface area contributed by atoms with E-state index in [9.17, 15) is 23.6 Å². The number of nitro benzene ring substituents is 1. The SMILES string of the molecule is NS(=O)(=O)c1ccc(-n2nc(CO)cc2-c2ccc([N+](=O)[O-])cc2)cc1. The number of hydrogen-bond acceptors (Lipinski definition) is 6. The third-order valence-electron chi connectivity index (χ3n) is 3.71. The lowest BCUT2D eigenvalue weighted by molar-refractivity contribution is -0.384. The van der Waals surface area contributed by atoms with Crippen molar-refractivity contribution in [3.05, 3.63) is 70.4 Å². The molecule has 3 N–H and O–H groups in total. The second-order valence-electron chi connectivity index (χ2n) is 5.43. The molecule has 0 bridgehead atoms. The molecule has 3 rings (SSSR count). The lowest BCUT2D eigenvalue weighted by atomic mass is 10.1. The Balaban J connectivity index is 2.08. The summed E-state index contributed by atoms with van der Waals surface area (Å²) in [4.78, 5) is 10.3. The summed E-state index contributed by atoms with van der Waals surface area (Å²) in [5, 5.41) is 29.5. The van der Waals surface area contributed by atoms with Crippen molar-refractivity contribution in [3.8, 4) is 16.9 Å². The van der Waals surface area contributed by atoms with E-state index in [0.29, 0.717) is 22.6 Å². The Labute approximate surface area is 148 Å². The molecule has 1 aromatic heterocycles. The second-order valence-corrected chi connectivity index (χ2v) is 7.00. The number of non-ortho nitro benzene ring substituents is 1. The van der Waals surface area contributed by atoms with Gasteiger partial charge in [0.2, 0.25) is 10.0 Å². The van der Waals surface area contributed by atoms with E-state index in [1.165, 1.54) is 41.1 Å². The van der Waals surface area contributed by atoms with Gasteiger partial charge in [-0.15, -0.1) is 0 Å². The predicted octanol–water partition coefficient (Wildman–Crippen LogP) is 1.59. The van der Waals surface area contributed by atoms with Crippen LogP contribution in [0.5, 0.6) is 0 Å². The molecule has 0 spiro atoms. The molecule has 10 heteroatoms. The Morgan fingerprint density at radius 2 is 1.73 bits per heavy atom. The number of sulfonamides is 1. The van der Waals surface area contributed by atoms with Crippen LogP contribution in [0.25, 0.3) is 16.9 Å². The van der Waals surface area contributed by atoms with E-state index in [-0.39, 0.29) is 17.2 Å². The molecule has 3 aromatic rings. The van der Waals surface area contributed by atoms with Crippen molar-refractivity contribution in [1.29, 1.82) is 0 Å². The molecular weight excluding hydrogens is 360 g/mol. The molecular formula is C16H14N4O5S. The Morgan fingerprint density at radius 3 is 2.23 bits per heavy atom. The summed E-state index contributed by atoms with van der Waals surface area (Å²) in [6, 6.07) is 13.3. The zero-order valence-corrected chi connectivity index (χ0v) is 14.1. The maximum atomic E-state index is 11.4. The molecule has 2 aromatic carbocycles. The summed E-state index contributed by atoms with van der Waals surface area (Å²) in [7, 11) is -3.81. The minimum absolute atomic E-state index is 0.0346. The molecule has 0 radical (unpaired) electrons. The van der Waals surface area contributed by atoms with E-state index in [1.807, 2.05) is 0 Å². The molecule has 134 valence electrons. The zero-order chi connectivity index (χ0) is 18.9. The first-order valence-corrected chi connectivity index (χ1v) is 8.92. The standard InChI is InChI=1S/C16H14N4O5S/c17-26(24,25)15-7-5-13(6-8-15)19-16(9-12(10-21)18-19)11-1-3-14(4-2-11)20(22)23/h1-9,21H,10H2,(H2,17,24,25). The van der Waals surface area contributed by atoms with Crippen LogP contribution < -0.4 is 5.14 Å². The smallest absolute Gasteiger partial charge is 0.269 e. The van der Waals surface area contributed by atoms with Crippen molar-refractivity contribution in [3.63, 3.8) is 0 Å². The van der Waals surface area contributed by atoms with E-state index in [1.54, 1.807) is 18.2 Å². The van der Waals surface area contributed by atoms with Crippen LogP contribution in [0.2, 0.25) is 0 Å². The fourth-order valence-corrected chi connectivity index (χ4v) is 2.96. The Morgan fingerprint density at radius 1 is 1.12 bits per heavy atom. The number of nitrogens with two attached hydrogens (primary N) is 1. The van der Waals surface area contributed by atoms with E-state index < -0.39 is 14.9 Å². The first kappa shape index (κ1) is 17.7. The van der Waals surface area contributed by atoms with E-state index in [2.05, 4.69) is 5.10 Å². The molecule has 0 fully saturated rings. The predicted molar refractivity (Wildman–Crippen MR) is 93.0 cm³/mol. The van der Waals surface area contributed by atoms with Gasteiger partial charge in [0.25, 0.3) is 5.69 Å². The molecule has 0 aliphatic rings. The van der Waals surface area contributed by atoms with Gasteiger partial charge < -0.3 is 5.11 Å². The first-order valence-electron chi connectivity index (χ1n) is 7.37. The molecule has 0 saturated heterocycles. The van der Waals surface area contributed by atoms with Gasteiger partial charge in [-0.2, -0.15) is 5.10 Å². The molecule has 0 unspecified atom stereocenters. The number of rotatable bonds is 5. The minimum Gasteiger partial charge on any atom is -0.390 e. The number of aliphatic hydroxyl groups is 1. The van der Waals surface area contributed by atoms with Crippen LogP contribution in [0.3, 0.4) is 0 Å². The Kier molecular flexibility index (Phi) is 4.55. The van der Waals surface area contributed by atoms with Gasteiger partial charge in [0, 0.05) is 17.7 Å². The highest BCUT2D eigenvalue weighted by Gasteiger charge is 2.14. The minimum atomic E-state index is -3.81. The molecule has 0 amide bonds. The van der Waals surface area contributed by atoms with Crippen LogP contribution in [-0.2, 0) is 16.6 Å². The van der Waals surface area contributed by atoms with E-state index in [0.717, 1.165) is 0 Å². The Bertz CT molecular complexity index is 1060. The van der Waals surface area contributed by atoms with Crippen molar-refractivity contribution in [2.75, 3.05) is 0 Å². The number of nitrogens with zero attached hydrogens (tertiary/aromatic N) is 3. The molecule has 26 heavy (non-hydrogen) atoms. The van der Waals surface area contributed by atoms with Crippen molar-refractivity contribution in [2.24, 2.45) is 5.14 Å². The third-order valence-corrected chi connectivity index (χ3v) is 4.63. The molecule has 9 nitrogen and oxygen atoms in total. The molecule has 0 aliphatic carbocycles. The van der Waals surface area contributed by atoms with Crippen LogP contribution in [0.15, 0.2) is 59.5 Å². The first-order chi connectivity index (χ1) is 12.3. The van der Waals surface area contributed by atoms with Crippen molar-refractivity contribution in [1.82, 2.24) is 9.78 Å². The summed E-state index contributed by atoms with van der Waals surface area (Å²) in [5.74, 6) is 0. The van der Waals surface area contributed by atoms with Gasteiger partial charge >= 0.3 is 0 Å². The van der Waals surface area contributed by atoms with Crippen LogP contribution in [-0.4, -0.2) is 28.2 Å². The van der Waals surface area contributed by atoms with Gasteiger partial charge in [-0.05, 0) is 42.5 Å². The number of hydrogen-bond donors (Lipinski definition) is 2. The number of primary sulfonamides is 1. The summed E-state index contributed by atoms with van der Waals surface area (Å²) < 4.78 is 24.3. The molecule has 0 aliphatic heterocycles. The highest BCUT2D eigenvalue weighted by molar-refractivity contribution is 7.89. The highest BCUT2D eigenvalue weighted by atomic mass is 32.2. The van der Waals surface area contributed by atoms with Gasteiger partial charge in [0.15, 0.2) is 0 Å². The fourth-order valence-electron chi connectivity index (χ4n) is 2.44. The monoisotopic (exact) mass is 374 g/mol. The summed E-state index contributed by atoms with van der Waals surface area (Å²) in [6.45, 7) is -0.289. The number of aliphatic hydroxyl groups excluding tert-OH is 1. The lowest BCUT2D eigenvalue weighted by Gasteiger charge is -2.08. The molecule has 0 atom stereocenters. The summed E-state index contributed by atoms with van der Waals surface area (Å²) in [6.07, 6.45) is 0. The van der Waals surface area contributed by atoms with E-state index in [4.69, 9.17) is 5.14 Å². The van der Waals surface area contributed by atoms with Gasteiger partial charge in [-0.25, -0.2) is 18.2 Å².